The number of rotatable bonds is 5. The van der Waals surface area contributed by atoms with E-state index in [0.29, 0.717) is 0 Å². The van der Waals surface area contributed by atoms with E-state index in [0.717, 1.165) is 17.0 Å². The van der Waals surface area contributed by atoms with E-state index in [2.05, 4.69) is 9.51 Å². The number of aliphatic hydroxyl groups excluding tert-OH is 2. The lowest BCUT2D eigenvalue weighted by Crippen LogP contribution is -2.38. The summed E-state index contributed by atoms with van der Waals surface area (Å²) in [4.78, 5) is 43.9. The van der Waals surface area contributed by atoms with Gasteiger partial charge in [0.05, 0.1) is 6.61 Å². The number of hydrogen-bond donors (Lipinski definition) is 5. The van der Waals surface area contributed by atoms with Crippen LogP contribution in [0.3, 0.4) is 0 Å². The molecule has 13 heteroatoms. The van der Waals surface area contributed by atoms with Crippen LogP contribution in [-0.4, -0.2) is 60.4 Å². The van der Waals surface area contributed by atoms with Gasteiger partial charge in [0.15, 0.2) is 11.9 Å². The summed E-state index contributed by atoms with van der Waals surface area (Å²) in [7, 11) is -4.80. The molecular formula is C10H14N3O9P. The number of amides is 1. The fourth-order valence-corrected chi connectivity index (χ4v) is 2.40. The molecule has 0 spiro atoms. The van der Waals surface area contributed by atoms with Crippen LogP contribution < -0.4 is 11.3 Å². The first-order chi connectivity index (χ1) is 10.6. The summed E-state index contributed by atoms with van der Waals surface area (Å²) in [6.07, 6.45) is -3.74. The van der Waals surface area contributed by atoms with Crippen LogP contribution in [0.1, 0.15) is 16.7 Å². The Morgan fingerprint density at radius 3 is 2.65 bits per heavy atom. The number of primary amides is 1. The highest BCUT2D eigenvalue weighted by molar-refractivity contribution is 7.46. The number of nitrogens with two attached hydrogens (primary N) is 1. The number of nitrogens with zero attached hydrogens (tertiary/aromatic N) is 2. The van der Waals surface area contributed by atoms with Gasteiger partial charge in [-0.15, -0.1) is 0 Å². The number of aromatic nitrogens is 2. The zero-order valence-corrected chi connectivity index (χ0v) is 12.3. The Morgan fingerprint density at radius 2 is 2.09 bits per heavy atom. The predicted octanol–water partition coefficient (Wildman–Crippen LogP) is -2.93. The maximum Gasteiger partial charge on any atom is 0.469 e. The number of aliphatic hydroxyl groups is 2. The molecule has 4 atom stereocenters. The molecule has 1 aliphatic rings. The van der Waals surface area contributed by atoms with E-state index in [4.69, 9.17) is 20.3 Å². The topological polar surface area (TPSA) is 194 Å². The molecule has 0 saturated carbocycles. The molecule has 1 aromatic rings. The smallest absolute Gasteiger partial charge is 0.387 e. The average molecular weight is 351 g/mol. The van der Waals surface area contributed by atoms with Crippen molar-refractivity contribution < 1.29 is 38.6 Å². The molecule has 2 heterocycles. The van der Waals surface area contributed by atoms with Gasteiger partial charge in [0.25, 0.3) is 11.5 Å². The van der Waals surface area contributed by atoms with E-state index in [1.807, 2.05) is 0 Å². The minimum absolute atomic E-state index is 0.590. The molecule has 0 aliphatic carbocycles. The second-order valence-electron chi connectivity index (χ2n) is 4.69. The van der Waals surface area contributed by atoms with Crippen molar-refractivity contribution in [3.05, 3.63) is 28.4 Å². The fourth-order valence-electron chi connectivity index (χ4n) is 2.06. The van der Waals surface area contributed by atoms with Gasteiger partial charge in [-0.05, 0) is 0 Å². The third-order valence-corrected chi connectivity index (χ3v) is 3.61. The molecule has 12 nitrogen and oxygen atoms in total. The average Bonchev–Trinajstić information content (AvgIpc) is 2.72. The largest absolute Gasteiger partial charge is 0.469 e. The quantitative estimate of drug-likeness (QED) is 0.343. The summed E-state index contributed by atoms with van der Waals surface area (Å²) in [6.45, 7) is -0.721. The van der Waals surface area contributed by atoms with Gasteiger partial charge in [-0.1, -0.05) is 0 Å². The molecule has 0 radical (unpaired) electrons. The van der Waals surface area contributed by atoms with Crippen LogP contribution in [0.4, 0.5) is 0 Å². The van der Waals surface area contributed by atoms with Crippen molar-refractivity contribution in [2.24, 2.45) is 5.73 Å². The van der Waals surface area contributed by atoms with Crippen molar-refractivity contribution in [3.8, 4) is 0 Å². The first-order valence-electron chi connectivity index (χ1n) is 6.20. The van der Waals surface area contributed by atoms with Crippen LogP contribution >= 0.6 is 7.82 Å². The van der Waals surface area contributed by atoms with Crippen LogP contribution in [0.15, 0.2) is 17.2 Å². The highest BCUT2D eigenvalue weighted by Crippen LogP contribution is 2.38. The molecule has 1 saturated heterocycles. The van der Waals surface area contributed by atoms with Crippen molar-refractivity contribution in [1.29, 1.82) is 0 Å². The molecular weight excluding hydrogens is 337 g/mol. The zero-order chi connectivity index (χ0) is 17.4. The first-order valence-corrected chi connectivity index (χ1v) is 7.73. The second-order valence-corrected chi connectivity index (χ2v) is 5.92. The minimum atomic E-state index is -4.80. The standard InChI is InChI=1S/C10H14N3O9P/c11-8(16)5-9(17)13(2-1-12-5)10-7(15)6(14)4(22-10)3-21-23(18,19)20/h1-2,4,6-7,10,14-15H,3H2,(H2,11,16)(H2,18,19,20)/t4-,6+,7-,10-/m1/s1. The summed E-state index contributed by atoms with van der Waals surface area (Å²) >= 11 is 0. The van der Waals surface area contributed by atoms with Crippen molar-refractivity contribution >= 4 is 13.7 Å². The lowest BCUT2D eigenvalue weighted by molar-refractivity contribution is -0.0538. The normalized spacial score (nSPS) is 28.0. The first kappa shape index (κ1) is 17.7. The lowest BCUT2D eigenvalue weighted by atomic mass is 10.1. The monoisotopic (exact) mass is 351 g/mol. The Hall–Kier alpha value is -1.66. The Labute approximate surface area is 128 Å². The number of phosphoric ester groups is 1. The molecule has 0 bridgehead atoms. The van der Waals surface area contributed by atoms with Gasteiger partial charge in [-0.2, -0.15) is 0 Å². The Morgan fingerprint density at radius 1 is 1.43 bits per heavy atom. The van der Waals surface area contributed by atoms with Crippen LogP contribution in [0.2, 0.25) is 0 Å². The molecule has 1 amide bonds. The molecule has 2 rings (SSSR count). The van der Waals surface area contributed by atoms with E-state index in [1.165, 1.54) is 0 Å². The van der Waals surface area contributed by atoms with Crippen LogP contribution in [0.25, 0.3) is 0 Å². The van der Waals surface area contributed by atoms with Crippen LogP contribution in [0.5, 0.6) is 0 Å². The van der Waals surface area contributed by atoms with Gasteiger partial charge >= 0.3 is 7.82 Å². The van der Waals surface area contributed by atoms with Gasteiger partial charge in [0, 0.05) is 12.4 Å². The third-order valence-electron chi connectivity index (χ3n) is 3.12. The number of carbonyl (C=O) groups excluding carboxylic acids is 1. The second kappa shape index (κ2) is 6.45. The molecule has 0 unspecified atom stereocenters. The summed E-state index contributed by atoms with van der Waals surface area (Å²) in [5, 5.41) is 19.8. The Bertz CT molecular complexity index is 701. The maximum atomic E-state index is 12.0. The SMILES string of the molecule is NC(=O)c1nccn([C@@H]2O[C@H](COP(=O)(O)O)[C@H](O)[C@H]2O)c1=O. The number of carbonyl (C=O) groups is 1. The van der Waals surface area contributed by atoms with E-state index >= 15 is 0 Å². The van der Waals surface area contributed by atoms with Gasteiger partial charge in [0.2, 0.25) is 0 Å². The van der Waals surface area contributed by atoms with Crippen LogP contribution in [0, 0.1) is 0 Å². The van der Waals surface area contributed by atoms with E-state index in [9.17, 15) is 24.4 Å². The predicted molar refractivity (Wildman–Crippen MR) is 70.9 cm³/mol. The summed E-state index contributed by atoms with van der Waals surface area (Å²) in [6, 6.07) is 0. The molecule has 23 heavy (non-hydrogen) atoms. The molecule has 1 aliphatic heterocycles. The zero-order valence-electron chi connectivity index (χ0n) is 11.4. The number of hydrogen-bond acceptors (Lipinski definition) is 8. The lowest BCUT2D eigenvalue weighted by Gasteiger charge is -2.17. The van der Waals surface area contributed by atoms with Gasteiger partial charge in [-0.3, -0.25) is 18.7 Å². The Balaban J connectivity index is 2.25. The summed E-state index contributed by atoms with van der Waals surface area (Å²) in [5.74, 6) is -1.08. The van der Waals surface area contributed by atoms with Crippen molar-refractivity contribution in [2.45, 2.75) is 24.5 Å². The third kappa shape index (κ3) is 3.82. The summed E-state index contributed by atoms with van der Waals surface area (Å²) in [5.41, 5.74) is 3.45. The molecule has 1 fully saturated rings. The van der Waals surface area contributed by atoms with E-state index in [-0.39, 0.29) is 0 Å². The molecule has 1 aromatic heterocycles. The minimum Gasteiger partial charge on any atom is -0.387 e. The van der Waals surface area contributed by atoms with E-state index in [1.54, 1.807) is 0 Å². The number of ether oxygens (including phenoxy) is 1. The molecule has 128 valence electrons. The van der Waals surface area contributed by atoms with E-state index < -0.39 is 56.1 Å². The van der Waals surface area contributed by atoms with Gasteiger partial charge < -0.3 is 30.5 Å². The van der Waals surface area contributed by atoms with Crippen molar-refractivity contribution in [2.75, 3.05) is 6.61 Å². The van der Waals surface area contributed by atoms with Crippen LogP contribution in [-0.2, 0) is 13.8 Å². The van der Waals surface area contributed by atoms with Crippen molar-refractivity contribution in [1.82, 2.24) is 9.55 Å². The van der Waals surface area contributed by atoms with Crippen molar-refractivity contribution in [3.63, 3.8) is 0 Å². The highest BCUT2D eigenvalue weighted by Gasteiger charge is 2.45. The summed E-state index contributed by atoms with van der Waals surface area (Å²) < 4.78 is 20.9. The maximum absolute atomic E-state index is 12.0. The molecule has 6 N–H and O–H groups in total. The number of phosphoric acid groups is 1. The fraction of sp³-hybridized carbons (Fsp3) is 0.500. The van der Waals surface area contributed by atoms with Gasteiger partial charge in [0.1, 0.15) is 18.3 Å². The van der Waals surface area contributed by atoms with Gasteiger partial charge in [-0.25, -0.2) is 9.55 Å². The highest BCUT2D eigenvalue weighted by atomic mass is 31.2. The molecule has 0 aromatic carbocycles. The Kier molecular flexibility index (Phi) is 4.96.